The average molecular weight is 706 g/mol. The molecule has 2 aliphatic rings. The van der Waals surface area contributed by atoms with Crippen molar-refractivity contribution >= 4 is 54.1 Å². The molecular formula is C32H47N7O9S. The van der Waals surface area contributed by atoms with Gasteiger partial charge >= 0.3 is 11.9 Å². The van der Waals surface area contributed by atoms with E-state index in [1.54, 1.807) is 35.2 Å². The number of carboxylic acid groups (broad SMARTS) is 2. The summed E-state index contributed by atoms with van der Waals surface area (Å²) in [5.41, 5.74) is 6.16. The maximum atomic E-state index is 13.7. The van der Waals surface area contributed by atoms with Crippen LogP contribution in [0, 0.1) is 0 Å². The monoisotopic (exact) mass is 705 g/mol. The molecule has 49 heavy (non-hydrogen) atoms. The van der Waals surface area contributed by atoms with Crippen LogP contribution in [0.25, 0.3) is 0 Å². The van der Waals surface area contributed by atoms with Crippen LogP contribution in [-0.4, -0.2) is 118 Å². The number of nitrogens with zero attached hydrogens (tertiary/aromatic N) is 1. The summed E-state index contributed by atoms with van der Waals surface area (Å²) < 4.78 is 0. The maximum absolute atomic E-state index is 13.7. The quantitative estimate of drug-likeness (QED) is 0.0594. The third-order valence-electron chi connectivity index (χ3n) is 8.50. The Morgan fingerprint density at radius 1 is 0.857 bits per heavy atom. The van der Waals surface area contributed by atoms with E-state index in [1.807, 2.05) is 0 Å². The first-order chi connectivity index (χ1) is 23.4. The number of likely N-dealkylation sites (tertiary alicyclic amines) is 1. The molecule has 0 bridgehead atoms. The summed E-state index contributed by atoms with van der Waals surface area (Å²) in [6.07, 6.45) is 2.73. The summed E-state index contributed by atoms with van der Waals surface area (Å²) in [7, 11) is 0. The van der Waals surface area contributed by atoms with E-state index in [-0.39, 0.29) is 30.5 Å². The number of nitrogens with two attached hydrogens (primary N) is 1. The summed E-state index contributed by atoms with van der Waals surface area (Å²) in [5.74, 6) is -6.42. The number of thiol groups is 1. The van der Waals surface area contributed by atoms with Gasteiger partial charge in [0.25, 0.3) is 0 Å². The molecule has 1 aromatic carbocycles. The van der Waals surface area contributed by atoms with Crippen molar-refractivity contribution in [2.45, 2.75) is 94.0 Å². The molecule has 2 aliphatic heterocycles. The molecule has 1 aromatic rings. The minimum absolute atomic E-state index is 0.0418. The zero-order valence-electron chi connectivity index (χ0n) is 27.3. The second-order valence-corrected chi connectivity index (χ2v) is 12.5. The SMILES string of the molecule is NCCCC[C@H](NC(=O)[C@H](CC(=O)O)NC(=O)[C@H](CS)NC(=O)[C@H](Cc1ccccc1)NC(=O)[C@@H]1CCCN1C(=O)[C@@H]1CCCN1)C(=O)O. The van der Waals surface area contributed by atoms with E-state index in [0.29, 0.717) is 50.8 Å². The van der Waals surface area contributed by atoms with Crippen molar-refractivity contribution in [1.29, 1.82) is 0 Å². The molecule has 5 amide bonds. The van der Waals surface area contributed by atoms with Crippen molar-refractivity contribution in [3.05, 3.63) is 35.9 Å². The predicted octanol–water partition coefficient (Wildman–Crippen LogP) is -1.47. The van der Waals surface area contributed by atoms with Gasteiger partial charge in [0.15, 0.2) is 0 Å². The summed E-state index contributed by atoms with van der Waals surface area (Å²) >= 11 is 4.17. The summed E-state index contributed by atoms with van der Waals surface area (Å²) in [4.78, 5) is 91.4. The molecule has 2 heterocycles. The molecule has 0 unspecified atom stereocenters. The highest BCUT2D eigenvalue weighted by atomic mass is 32.1. The van der Waals surface area contributed by atoms with E-state index >= 15 is 0 Å². The molecule has 9 N–H and O–H groups in total. The highest BCUT2D eigenvalue weighted by Gasteiger charge is 2.39. The number of rotatable bonds is 19. The number of hydrogen-bond donors (Lipinski definition) is 9. The van der Waals surface area contributed by atoms with Crippen LogP contribution in [0.1, 0.15) is 56.9 Å². The van der Waals surface area contributed by atoms with E-state index < -0.39 is 72.2 Å². The fourth-order valence-corrected chi connectivity index (χ4v) is 6.13. The van der Waals surface area contributed by atoms with Crippen LogP contribution in [0.2, 0.25) is 0 Å². The topological polar surface area (TPSA) is 249 Å². The molecular weight excluding hydrogens is 658 g/mol. The zero-order chi connectivity index (χ0) is 35.9. The Labute approximate surface area is 290 Å². The first kappa shape index (κ1) is 39.2. The number of carboxylic acids is 2. The average Bonchev–Trinajstić information content (AvgIpc) is 3.79. The number of hydrogen-bond acceptors (Lipinski definition) is 10. The van der Waals surface area contributed by atoms with Gasteiger partial charge in [0.1, 0.15) is 30.2 Å². The Balaban J connectivity index is 1.72. The second kappa shape index (κ2) is 19.7. The van der Waals surface area contributed by atoms with Crippen molar-refractivity contribution in [3.63, 3.8) is 0 Å². The van der Waals surface area contributed by atoms with Crippen LogP contribution >= 0.6 is 12.6 Å². The lowest BCUT2D eigenvalue weighted by atomic mass is 10.0. The summed E-state index contributed by atoms with van der Waals surface area (Å²) in [6.45, 7) is 1.46. The van der Waals surface area contributed by atoms with Crippen LogP contribution in [0.4, 0.5) is 0 Å². The standard InChI is InChI=1S/C32H47N7O9S/c33-13-5-4-10-21(32(47)48)35-28(43)23(17-26(40)41)36-29(44)24(18-49)38-27(42)22(16-19-8-2-1-3-9-19)37-30(45)25-12-7-15-39(25)31(46)20-11-6-14-34-20/h1-3,8-9,20-25,34,49H,4-7,10-18,33H2,(H,35,43)(H,36,44)(H,37,45)(H,38,42)(H,40,41)(H,47,48)/t20-,21-,22-,23-,24-,25-/m0/s1. The molecule has 0 saturated carbocycles. The first-order valence-corrected chi connectivity index (χ1v) is 17.1. The van der Waals surface area contributed by atoms with Crippen LogP contribution in [0.5, 0.6) is 0 Å². The first-order valence-electron chi connectivity index (χ1n) is 16.5. The maximum Gasteiger partial charge on any atom is 0.326 e. The van der Waals surface area contributed by atoms with Crippen molar-refractivity contribution in [2.24, 2.45) is 5.73 Å². The Morgan fingerprint density at radius 2 is 1.51 bits per heavy atom. The number of benzene rings is 1. The molecule has 0 aliphatic carbocycles. The Morgan fingerprint density at radius 3 is 2.12 bits per heavy atom. The highest BCUT2D eigenvalue weighted by Crippen LogP contribution is 2.21. The molecule has 16 nitrogen and oxygen atoms in total. The van der Waals surface area contributed by atoms with Gasteiger partial charge in [0, 0.05) is 18.7 Å². The van der Waals surface area contributed by atoms with E-state index in [2.05, 4.69) is 39.2 Å². The van der Waals surface area contributed by atoms with E-state index in [0.717, 1.165) is 13.0 Å². The number of nitrogens with one attached hydrogen (secondary N) is 5. The molecule has 6 atom stereocenters. The second-order valence-electron chi connectivity index (χ2n) is 12.2. The molecule has 0 radical (unpaired) electrons. The molecule has 0 aromatic heterocycles. The highest BCUT2D eigenvalue weighted by molar-refractivity contribution is 7.80. The fraction of sp³-hybridized carbons (Fsp3) is 0.594. The van der Waals surface area contributed by atoms with Gasteiger partial charge in [-0.15, -0.1) is 0 Å². The molecule has 0 spiro atoms. The predicted molar refractivity (Wildman–Crippen MR) is 180 cm³/mol. The van der Waals surface area contributed by atoms with E-state index in [4.69, 9.17) is 5.73 Å². The molecule has 3 rings (SSSR count). The van der Waals surface area contributed by atoms with Crippen LogP contribution in [0.15, 0.2) is 30.3 Å². The number of carbonyl (C=O) groups excluding carboxylic acids is 5. The molecule has 2 fully saturated rings. The van der Waals surface area contributed by atoms with Crippen molar-refractivity contribution < 1.29 is 43.8 Å². The minimum Gasteiger partial charge on any atom is -0.481 e. The summed E-state index contributed by atoms with van der Waals surface area (Å²) in [5, 5.41) is 31.9. The van der Waals surface area contributed by atoms with Crippen LogP contribution in [0.3, 0.4) is 0 Å². The van der Waals surface area contributed by atoms with Gasteiger partial charge in [-0.2, -0.15) is 12.6 Å². The number of unbranched alkanes of at least 4 members (excludes halogenated alkanes) is 1. The van der Waals surface area contributed by atoms with Gasteiger partial charge in [-0.3, -0.25) is 28.8 Å². The van der Waals surface area contributed by atoms with E-state index in [1.165, 1.54) is 0 Å². The van der Waals surface area contributed by atoms with Gasteiger partial charge in [-0.05, 0) is 63.6 Å². The summed E-state index contributed by atoms with van der Waals surface area (Å²) in [6, 6.07) is 2.18. The van der Waals surface area contributed by atoms with Gasteiger partial charge in [0.2, 0.25) is 29.5 Å². The largest absolute Gasteiger partial charge is 0.481 e. The molecule has 270 valence electrons. The number of carbonyl (C=O) groups is 7. The zero-order valence-corrected chi connectivity index (χ0v) is 28.2. The van der Waals surface area contributed by atoms with Gasteiger partial charge in [0.05, 0.1) is 12.5 Å². The lowest BCUT2D eigenvalue weighted by Crippen LogP contribution is -2.60. The van der Waals surface area contributed by atoms with E-state index in [9.17, 15) is 43.8 Å². The van der Waals surface area contributed by atoms with Crippen LogP contribution in [-0.2, 0) is 40.0 Å². The third kappa shape index (κ3) is 12.0. The lowest BCUT2D eigenvalue weighted by Gasteiger charge is -2.29. The lowest BCUT2D eigenvalue weighted by molar-refractivity contribution is -0.144. The Kier molecular flexibility index (Phi) is 15.8. The number of amides is 5. The smallest absolute Gasteiger partial charge is 0.326 e. The van der Waals surface area contributed by atoms with Crippen molar-refractivity contribution in [1.82, 2.24) is 31.5 Å². The van der Waals surface area contributed by atoms with Crippen LogP contribution < -0.4 is 32.3 Å². The normalized spacial score (nSPS) is 19.6. The Hall–Kier alpha value is -4.22. The molecule has 17 heteroatoms. The van der Waals surface area contributed by atoms with Gasteiger partial charge in [-0.25, -0.2) is 4.79 Å². The third-order valence-corrected chi connectivity index (χ3v) is 8.87. The van der Waals surface area contributed by atoms with Gasteiger partial charge in [-0.1, -0.05) is 30.3 Å². The molecule has 2 saturated heterocycles. The Bertz CT molecular complexity index is 1330. The fourth-order valence-electron chi connectivity index (χ4n) is 5.87. The number of aliphatic carboxylic acids is 2. The van der Waals surface area contributed by atoms with Crippen molar-refractivity contribution in [2.75, 3.05) is 25.4 Å². The van der Waals surface area contributed by atoms with Gasteiger partial charge < -0.3 is 47.4 Å². The van der Waals surface area contributed by atoms with Crippen molar-refractivity contribution in [3.8, 4) is 0 Å². The minimum atomic E-state index is -1.67.